The molecule has 0 fully saturated rings. The molecule has 4 nitrogen and oxygen atoms in total. The standard InChI is InChI=1S/C19H17NO3S/c1-3-23-19(22)18-11-15-9-14(7-8-17(15)24-18)13-5-4-6-16(10-13)20-12(2)21/h4-11H,3H2,1-2H3,(H,20,21). The lowest BCUT2D eigenvalue weighted by Gasteiger charge is -2.06. The number of ether oxygens (including phenoxy) is 1. The van der Waals surface area contributed by atoms with Crippen molar-refractivity contribution in [1.82, 2.24) is 0 Å². The predicted molar refractivity (Wildman–Crippen MR) is 97.5 cm³/mol. The molecule has 0 unspecified atom stereocenters. The monoisotopic (exact) mass is 339 g/mol. The summed E-state index contributed by atoms with van der Waals surface area (Å²) >= 11 is 1.43. The van der Waals surface area contributed by atoms with E-state index in [0.29, 0.717) is 11.5 Å². The smallest absolute Gasteiger partial charge is 0.348 e. The highest BCUT2D eigenvalue weighted by Gasteiger charge is 2.11. The molecular formula is C19H17NO3S. The Morgan fingerprint density at radius 2 is 1.88 bits per heavy atom. The maximum Gasteiger partial charge on any atom is 0.348 e. The average molecular weight is 339 g/mol. The van der Waals surface area contributed by atoms with Crippen LogP contribution in [0.4, 0.5) is 5.69 Å². The van der Waals surface area contributed by atoms with Gasteiger partial charge in [0.25, 0.3) is 0 Å². The normalized spacial score (nSPS) is 10.6. The molecule has 1 N–H and O–H groups in total. The van der Waals surface area contributed by atoms with Crippen LogP contribution >= 0.6 is 11.3 Å². The molecule has 24 heavy (non-hydrogen) atoms. The van der Waals surface area contributed by atoms with Crippen LogP contribution in [0, 0.1) is 0 Å². The quantitative estimate of drug-likeness (QED) is 0.701. The fourth-order valence-corrected chi connectivity index (χ4v) is 3.44. The van der Waals surface area contributed by atoms with Crippen molar-refractivity contribution < 1.29 is 14.3 Å². The van der Waals surface area contributed by atoms with E-state index in [1.54, 1.807) is 6.92 Å². The van der Waals surface area contributed by atoms with Crippen molar-refractivity contribution in [2.45, 2.75) is 13.8 Å². The van der Waals surface area contributed by atoms with Crippen molar-refractivity contribution >= 4 is 39.0 Å². The number of nitrogens with one attached hydrogen (secondary N) is 1. The van der Waals surface area contributed by atoms with E-state index in [1.165, 1.54) is 18.3 Å². The van der Waals surface area contributed by atoms with Gasteiger partial charge in [0, 0.05) is 17.3 Å². The first-order valence-corrected chi connectivity index (χ1v) is 8.47. The van der Waals surface area contributed by atoms with Gasteiger partial charge in [-0.2, -0.15) is 0 Å². The second-order valence-electron chi connectivity index (χ2n) is 5.35. The third kappa shape index (κ3) is 3.46. The van der Waals surface area contributed by atoms with Gasteiger partial charge in [0.05, 0.1) is 6.61 Å². The number of benzene rings is 2. The summed E-state index contributed by atoms with van der Waals surface area (Å²) in [5, 5.41) is 3.79. The number of esters is 1. The van der Waals surface area contributed by atoms with Gasteiger partial charge in [-0.3, -0.25) is 4.79 Å². The van der Waals surface area contributed by atoms with Gasteiger partial charge < -0.3 is 10.1 Å². The Bertz CT molecular complexity index is 914. The van der Waals surface area contributed by atoms with Crippen LogP contribution in [0.3, 0.4) is 0 Å². The number of anilines is 1. The summed E-state index contributed by atoms with van der Waals surface area (Å²) in [6.45, 7) is 3.65. The van der Waals surface area contributed by atoms with Crippen molar-refractivity contribution in [3.63, 3.8) is 0 Å². The Labute approximate surface area is 144 Å². The lowest BCUT2D eigenvalue weighted by Crippen LogP contribution is -2.05. The number of amides is 1. The molecule has 2 aromatic carbocycles. The summed E-state index contributed by atoms with van der Waals surface area (Å²) in [6.07, 6.45) is 0. The second-order valence-corrected chi connectivity index (χ2v) is 6.43. The number of carbonyl (C=O) groups excluding carboxylic acids is 2. The molecule has 0 radical (unpaired) electrons. The number of fused-ring (bicyclic) bond motifs is 1. The minimum Gasteiger partial charge on any atom is -0.462 e. The van der Waals surface area contributed by atoms with Crippen LogP contribution in [0.1, 0.15) is 23.5 Å². The van der Waals surface area contributed by atoms with Crippen molar-refractivity contribution in [3.05, 3.63) is 53.4 Å². The Hall–Kier alpha value is -2.66. The van der Waals surface area contributed by atoms with Crippen molar-refractivity contribution in [2.24, 2.45) is 0 Å². The van der Waals surface area contributed by atoms with Gasteiger partial charge in [-0.15, -0.1) is 11.3 Å². The molecular weight excluding hydrogens is 322 g/mol. The topological polar surface area (TPSA) is 55.4 Å². The number of rotatable bonds is 4. The van der Waals surface area contributed by atoms with Crippen LogP contribution in [0.25, 0.3) is 21.2 Å². The van der Waals surface area contributed by atoms with E-state index >= 15 is 0 Å². The number of thiophene rings is 1. The van der Waals surface area contributed by atoms with Crippen LogP contribution < -0.4 is 5.32 Å². The molecule has 1 aromatic heterocycles. The van der Waals surface area contributed by atoms with Gasteiger partial charge in [0.1, 0.15) is 4.88 Å². The van der Waals surface area contributed by atoms with Crippen LogP contribution in [0.5, 0.6) is 0 Å². The molecule has 0 aliphatic heterocycles. The van der Waals surface area contributed by atoms with E-state index in [1.807, 2.05) is 48.5 Å². The maximum atomic E-state index is 11.9. The molecule has 5 heteroatoms. The number of hydrogen-bond donors (Lipinski definition) is 1. The van der Waals surface area contributed by atoms with Crippen molar-refractivity contribution in [1.29, 1.82) is 0 Å². The predicted octanol–water partition coefficient (Wildman–Crippen LogP) is 4.70. The van der Waals surface area contributed by atoms with Gasteiger partial charge in [-0.1, -0.05) is 18.2 Å². The van der Waals surface area contributed by atoms with Gasteiger partial charge >= 0.3 is 5.97 Å². The molecule has 0 saturated heterocycles. The van der Waals surface area contributed by atoms with E-state index in [-0.39, 0.29) is 11.9 Å². The highest BCUT2D eigenvalue weighted by atomic mass is 32.1. The molecule has 3 aromatic rings. The van der Waals surface area contributed by atoms with E-state index in [4.69, 9.17) is 4.74 Å². The Kier molecular flexibility index (Phi) is 4.62. The van der Waals surface area contributed by atoms with Gasteiger partial charge in [-0.05, 0) is 53.8 Å². The lowest BCUT2D eigenvalue weighted by atomic mass is 10.0. The third-order valence-electron chi connectivity index (χ3n) is 3.51. The lowest BCUT2D eigenvalue weighted by molar-refractivity contribution is -0.114. The SMILES string of the molecule is CCOC(=O)c1cc2cc(-c3cccc(NC(C)=O)c3)ccc2s1. The summed E-state index contributed by atoms with van der Waals surface area (Å²) in [6, 6.07) is 15.6. The molecule has 0 spiro atoms. The Balaban J connectivity index is 1.96. The molecule has 0 bridgehead atoms. The maximum absolute atomic E-state index is 11.9. The molecule has 0 aliphatic rings. The second kappa shape index (κ2) is 6.84. The Morgan fingerprint density at radius 3 is 2.62 bits per heavy atom. The third-order valence-corrected chi connectivity index (χ3v) is 4.61. The fourth-order valence-electron chi connectivity index (χ4n) is 2.51. The first kappa shape index (κ1) is 16.2. The first-order valence-electron chi connectivity index (χ1n) is 7.65. The molecule has 122 valence electrons. The zero-order chi connectivity index (χ0) is 17.1. The summed E-state index contributed by atoms with van der Waals surface area (Å²) < 4.78 is 6.10. The van der Waals surface area contributed by atoms with Gasteiger partial charge in [0.2, 0.25) is 5.91 Å². The molecule has 1 amide bonds. The number of hydrogen-bond acceptors (Lipinski definition) is 4. The van der Waals surface area contributed by atoms with E-state index in [9.17, 15) is 9.59 Å². The summed E-state index contributed by atoms with van der Waals surface area (Å²) in [7, 11) is 0. The van der Waals surface area contributed by atoms with E-state index < -0.39 is 0 Å². The molecule has 1 heterocycles. The van der Waals surface area contributed by atoms with Crippen LogP contribution in [-0.4, -0.2) is 18.5 Å². The summed E-state index contributed by atoms with van der Waals surface area (Å²) in [5.74, 6) is -0.382. The molecule has 3 rings (SSSR count). The van der Waals surface area contributed by atoms with Crippen LogP contribution in [0.2, 0.25) is 0 Å². The fraction of sp³-hybridized carbons (Fsp3) is 0.158. The zero-order valence-corrected chi connectivity index (χ0v) is 14.3. The first-order chi connectivity index (χ1) is 11.6. The number of carbonyl (C=O) groups is 2. The van der Waals surface area contributed by atoms with Crippen molar-refractivity contribution in [3.8, 4) is 11.1 Å². The highest BCUT2D eigenvalue weighted by molar-refractivity contribution is 7.20. The van der Waals surface area contributed by atoms with E-state index in [0.717, 1.165) is 26.9 Å². The zero-order valence-electron chi connectivity index (χ0n) is 13.5. The molecule has 0 atom stereocenters. The van der Waals surface area contributed by atoms with Gasteiger partial charge in [0.15, 0.2) is 0 Å². The summed E-state index contributed by atoms with van der Waals surface area (Å²) in [5.41, 5.74) is 2.80. The largest absolute Gasteiger partial charge is 0.462 e. The van der Waals surface area contributed by atoms with Crippen LogP contribution in [-0.2, 0) is 9.53 Å². The molecule has 0 aliphatic carbocycles. The minimum atomic E-state index is -0.284. The Morgan fingerprint density at radius 1 is 1.08 bits per heavy atom. The minimum absolute atomic E-state index is 0.0977. The average Bonchev–Trinajstić information content (AvgIpc) is 2.98. The van der Waals surface area contributed by atoms with Crippen molar-refractivity contribution in [2.75, 3.05) is 11.9 Å². The summed E-state index contributed by atoms with van der Waals surface area (Å²) in [4.78, 5) is 23.7. The van der Waals surface area contributed by atoms with Gasteiger partial charge in [-0.25, -0.2) is 4.79 Å². The highest BCUT2D eigenvalue weighted by Crippen LogP contribution is 2.31. The molecule has 0 saturated carbocycles. The van der Waals surface area contributed by atoms with Crippen LogP contribution in [0.15, 0.2) is 48.5 Å². The van der Waals surface area contributed by atoms with E-state index in [2.05, 4.69) is 5.32 Å².